The monoisotopic (exact) mass is 432 g/mol. The van der Waals surface area contributed by atoms with Crippen LogP contribution in [0.25, 0.3) is 0 Å². The number of hydrogen-bond donors (Lipinski definition) is 1. The molecule has 0 unspecified atom stereocenters. The van der Waals surface area contributed by atoms with Crippen LogP contribution in [-0.2, 0) is 4.74 Å². The van der Waals surface area contributed by atoms with Gasteiger partial charge in [0.05, 0.1) is 6.61 Å². The van der Waals surface area contributed by atoms with Crippen LogP contribution in [0.1, 0.15) is 48.0 Å². The first-order valence-corrected chi connectivity index (χ1v) is 10.8. The molecule has 1 amide bonds. The molecule has 4 nitrogen and oxygen atoms in total. The summed E-state index contributed by atoms with van der Waals surface area (Å²) in [6.07, 6.45) is 5.01. The third kappa shape index (κ3) is 5.74. The number of piperidine rings is 2. The molecule has 0 aromatic heterocycles. The van der Waals surface area contributed by atoms with Gasteiger partial charge in [0.1, 0.15) is 0 Å². The van der Waals surface area contributed by atoms with Gasteiger partial charge in [-0.15, -0.1) is 0 Å². The standard InChI is InChI=1S/C20H27Cl3N2O2/c1-14-7-9-15(10-8-14)18(26)24-19(20(21,22)23)27-13-16-5-4-12-25-11-3-2-6-17(16)25/h7-10,16-17,19H,2-6,11-13H2,1H3,(H,24,26)/t16-,17-,19+/m1/s1. The van der Waals surface area contributed by atoms with Crippen LogP contribution in [-0.4, -0.2) is 46.6 Å². The van der Waals surface area contributed by atoms with Crippen LogP contribution < -0.4 is 5.32 Å². The number of aryl methyl sites for hydroxylation is 1. The average Bonchev–Trinajstić information content (AvgIpc) is 2.64. The lowest BCUT2D eigenvalue weighted by Crippen LogP contribution is -2.51. The number of carbonyl (C=O) groups excluding carboxylic acids is 1. The third-order valence-electron chi connectivity index (χ3n) is 5.58. The van der Waals surface area contributed by atoms with Gasteiger partial charge in [-0.05, 0) is 63.7 Å². The maximum absolute atomic E-state index is 12.5. The van der Waals surface area contributed by atoms with Gasteiger partial charge in [-0.3, -0.25) is 4.79 Å². The fourth-order valence-electron chi connectivity index (χ4n) is 4.12. The van der Waals surface area contributed by atoms with Gasteiger partial charge in [-0.1, -0.05) is 58.9 Å². The summed E-state index contributed by atoms with van der Waals surface area (Å²) in [6.45, 7) is 4.78. The number of fused-ring (bicyclic) bond motifs is 1. The second-order valence-electron chi connectivity index (χ2n) is 7.60. The Labute approximate surface area is 176 Å². The zero-order valence-corrected chi connectivity index (χ0v) is 17.9. The summed E-state index contributed by atoms with van der Waals surface area (Å²) in [5.74, 6) is 0.0967. The highest BCUT2D eigenvalue weighted by Gasteiger charge is 2.38. The molecule has 0 spiro atoms. The molecule has 7 heteroatoms. The fraction of sp³-hybridized carbons (Fsp3) is 0.650. The lowest BCUT2D eigenvalue weighted by Gasteiger charge is -2.44. The smallest absolute Gasteiger partial charge is 0.253 e. The van der Waals surface area contributed by atoms with E-state index in [1.165, 1.54) is 38.8 Å². The maximum Gasteiger partial charge on any atom is 0.253 e. The van der Waals surface area contributed by atoms with E-state index >= 15 is 0 Å². The Bertz CT molecular complexity index is 631. The molecule has 0 bridgehead atoms. The minimum Gasteiger partial charge on any atom is -0.354 e. The number of alkyl halides is 3. The molecular formula is C20H27Cl3N2O2. The molecule has 2 aliphatic heterocycles. The van der Waals surface area contributed by atoms with Crippen molar-refractivity contribution >= 4 is 40.7 Å². The first kappa shape index (κ1) is 21.2. The second kappa shape index (κ2) is 9.32. The average molecular weight is 434 g/mol. The Balaban J connectivity index is 1.61. The van der Waals surface area contributed by atoms with E-state index in [9.17, 15) is 4.79 Å². The number of nitrogens with one attached hydrogen (secondary N) is 1. The SMILES string of the molecule is Cc1ccc(C(=O)N[C@@H](OC[C@H]2CCCN3CCCC[C@H]23)C(Cl)(Cl)Cl)cc1. The number of carbonyl (C=O) groups is 1. The molecule has 1 N–H and O–H groups in total. The summed E-state index contributed by atoms with van der Waals surface area (Å²) in [5, 5.41) is 2.73. The highest BCUT2D eigenvalue weighted by Crippen LogP contribution is 2.34. The minimum atomic E-state index is -1.73. The Morgan fingerprint density at radius 3 is 2.59 bits per heavy atom. The van der Waals surface area contributed by atoms with Gasteiger partial charge in [0.2, 0.25) is 3.79 Å². The summed E-state index contributed by atoms with van der Waals surface area (Å²) in [5.41, 5.74) is 1.59. The highest BCUT2D eigenvalue weighted by molar-refractivity contribution is 6.68. The topological polar surface area (TPSA) is 41.6 Å². The van der Waals surface area contributed by atoms with Crippen molar-refractivity contribution in [3.8, 4) is 0 Å². The van der Waals surface area contributed by atoms with Crippen LogP contribution in [0.3, 0.4) is 0 Å². The van der Waals surface area contributed by atoms with Crippen molar-refractivity contribution in [3.05, 3.63) is 35.4 Å². The van der Waals surface area contributed by atoms with Gasteiger partial charge in [-0.25, -0.2) is 0 Å². The number of rotatable bonds is 5. The fourth-order valence-corrected chi connectivity index (χ4v) is 4.47. The molecule has 27 heavy (non-hydrogen) atoms. The van der Waals surface area contributed by atoms with E-state index in [0.29, 0.717) is 24.1 Å². The predicted molar refractivity (Wildman–Crippen MR) is 111 cm³/mol. The zero-order chi connectivity index (χ0) is 19.4. The summed E-state index contributed by atoms with van der Waals surface area (Å²) in [7, 11) is 0. The number of ether oxygens (including phenoxy) is 1. The van der Waals surface area contributed by atoms with E-state index < -0.39 is 10.0 Å². The lowest BCUT2D eigenvalue weighted by atomic mass is 9.84. The summed E-state index contributed by atoms with van der Waals surface area (Å²) in [6, 6.07) is 7.79. The summed E-state index contributed by atoms with van der Waals surface area (Å²) >= 11 is 18.3. The van der Waals surface area contributed by atoms with Crippen LogP contribution in [0.4, 0.5) is 0 Å². The zero-order valence-electron chi connectivity index (χ0n) is 15.6. The molecule has 0 saturated carbocycles. The van der Waals surface area contributed by atoms with Crippen molar-refractivity contribution in [3.63, 3.8) is 0 Å². The van der Waals surface area contributed by atoms with E-state index in [1.807, 2.05) is 19.1 Å². The van der Waals surface area contributed by atoms with Crippen molar-refractivity contribution < 1.29 is 9.53 Å². The van der Waals surface area contributed by atoms with Gasteiger partial charge in [0.15, 0.2) is 6.23 Å². The van der Waals surface area contributed by atoms with Crippen LogP contribution in [0.2, 0.25) is 0 Å². The molecule has 1 aromatic rings. The third-order valence-corrected chi connectivity index (χ3v) is 6.17. The molecule has 1 aromatic carbocycles. The highest BCUT2D eigenvalue weighted by atomic mass is 35.6. The van der Waals surface area contributed by atoms with Crippen molar-refractivity contribution in [2.24, 2.45) is 5.92 Å². The minimum absolute atomic E-state index is 0.311. The Kier molecular flexibility index (Phi) is 7.32. The van der Waals surface area contributed by atoms with Crippen LogP contribution >= 0.6 is 34.8 Å². The molecule has 2 fully saturated rings. The van der Waals surface area contributed by atoms with Gasteiger partial charge < -0.3 is 15.0 Å². The Morgan fingerprint density at radius 1 is 1.19 bits per heavy atom. The molecule has 150 valence electrons. The molecular weight excluding hydrogens is 407 g/mol. The molecule has 3 rings (SSSR count). The van der Waals surface area contributed by atoms with E-state index in [4.69, 9.17) is 39.5 Å². The molecule has 0 radical (unpaired) electrons. The van der Waals surface area contributed by atoms with Gasteiger partial charge in [0, 0.05) is 11.6 Å². The molecule has 2 heterocycles. The Hall–Kier alpha value is -0.520. The number of benzene rings is 1. The number of nitrogens with zero attached hydrogens (tertiary/aromatic N) is 1. The second-order valence-corrected chi connectivity index (χ2v) is 9.96. The first-order chi connectivity index (χ1) is 12.8. The lowest BCUT2D eigenvalue weighted by molar-refractivity contribution is -0.0325. The summed E-state index contributed by atoms with van der Waals surface area (Å²) < 4.78 is 4.22. The predicted octanol–water partition coefficient (Wildman–Crippen LogP) is 4.70. The van der Waals surface area contributed by atoms with Crippen molar-refractivity contribution in [1.29, 1.82) is 0 Å². The van der Waals surface area contributed by atoms with Crippen LogP contribution in [0.15, 0.2) is 24.3 Å². The van der Waals surface area contributed by atoms with E-state index in [0.717, 1.165) is 12.0 Å². The van der Waals surface area contributed by atoms with E-state index in [-0.39, 0.29) is 5.91 Å². The van der Waals surface area contributed by atoms with E-state index in [2.05, 4.69) is 10.2 Å². The van der Waals surface area contributed by atoms with Gasteiger partial charge >= 0.3 is 0 Å². The first-order valence-electron chi connectivity index (χ1n) is 9.64. The quantitative estimate of drug-likeness (QED) is 0.540. The Morgan fingerprint density at radius 2 is 1.89 bits per heavy atom. The molecule has 3 atom stereocenters. The van der Waals surface area contributed by atoms with Crippen molar-refractivity contribution in [2.75, 3.05) is 19.7 Å². The molecule has 2 saturated heterocycles. The number of amides is 1. The normalized spacial score (nSPS) is 24.9. The molecule has 0 aliphatic carbocycles. The summed E-state index contributed by atoms with van der Waals surface area (Å²) in [4.78, 5) is 15.1. The molecule has 2 aliphatic rings. The van der Waals surface area contributed by atoms with Crippen molar-refractivity contribution in [1.82, 2.24) is 10.2 Å². The van der Waals surface area contributed by atoms with Gasteiger partial charge in [-0.2, -0.15) is 0 Å². The van der Waals surface area contributed by atoms with Gasteiger partial charge in [0.25, 0.3) is 5.91 Å². The number of hydrogen-bond acceptors (Lipinski definition) is 3. The van der Waals surface area contributed by atoms with E-state index in [1.54, 1.807) is 12.1 Å². The van der Waals surface area contributed by atoms with Crippen molar-refractivity contribution in [2.45, 2.75) is 55.1 Å². The van der Waals surface area contributed by atoms with Crippen LogP contribution in [0, 0.1) is 12.8 Å². The largest absolute Gasteiger partial charge is 0.354 e. The number of halogens is 3. The van der Waals surface area contributed by atoms with Crippen LogP contribution in [0.5, 0.6) is 0 Å². The maximum atomic E-state index is 12.5.